The molecule has 0 saturated carbocycles. The fraction of sp³-hybridized carbons (Fsp3) is 0.654. The highest BCUT2D eigenvalue weighted by Crippen LogP contribution is 2.23. The van der Waals surface area contributed by atoms with Gasteiger partial charge in [-0.2, -0.15) is 0 Å². The molecular formula is C26H40N8O6. The maximum atomic E-state index is 13.6. The van der Waals surface area contributed by atoms with E-state index in [9.17, 15) is 28.8 Å². The van der Waals surface area contributed by atoms with E-state index in [2.05, 4.69) is 20.6 Å². The first-order chi connectivity index (χ1) is 18.8. The molecule has 3 rings (SSSR count). The van der Waals surface area contributed by atoms with E-state index in [4.69, 9.17) is 11.5 Å². The molecule has 2 saturated heterocycles. The van der Waals surface area contributed by atoms with E-state index in [-0.39, 0.29) is 25.2 Å². The van der Waals surface area contributed by atoms with Crippen molar-refractivity contribution < 1.29 is 28.8 Å². The average molecular weight is 561 g/mol. The minimum atomic E-state index is -1.18. The number of imide groups is 1. The molecule has 2 aliphatic heterocycles. The van der Waals surface area contributed by atoms with Crippen molar-refractivity contribution in [2.75, 3.05) is 6.54 Å². The molecule has 14 heteroatoms. The van der Waals surface area contributed by atoms with Crippen LogP contribution in [0.2, 0.25) is 0 Å². The Labute approximate surface area is 233 Å². The van der Waals surface area contributed by atoms with Crippen LogP contribution in [0.4, 0.5) is 0 Å². The number of amides is 6. The van der Waals surface area contributed by atoms with Gasteiger partial charge in [-0.1, -0.05) is 27.7 Å². The molecule has 1 aromatic heterocycles. The Morgan fingerprint density at radius 1 is 1.05 bits per heavy atom. The normalized spacial score (nSPS) is 21.4. The van der Waals surface area contributed by atoms with Gasteiger partial charge in [0.25, 0.3) is 5.91 Å². The third kappa shape index (κ3) is 6.84. The van der Waals surface area contributed by atoms with Gasteiger partial charge in [0.2, 0.25) is 29.5 Å². The van der Waals surface area contributed by atoms with Crippen LogP contribution < -0.4 is 22.1 Å². The Hall–Kier alpha value is -3.81. The summed E-state index contributed by atoms with van der Waals surface area (Å²) in [6.07, 6.45) is 4.00. The van der Waals surface area contributed by atoms with Gasteiger partial charge in [0.05, 0.1) is 12.4 Å². The Morgan fingerprint density at radius 3 is 2.33 bits per heavy atom. The number of nitrogens with one attached hydrogen (secondary N) is 3. The second-order valence-electron chi connectivity index (χ2n) is 11.1. The monoisotopic (exact) mass is 560 g/mol. The lowest BCUT2D eigenvalue weighted by molar-refractivity contribution is -0.151. The number of nitrogens with two attached hydrogens (primary N) is 2. The van der Waals surface area contributed by atoms with Crippen molar-refractivity contribution in [3.05, 3.63) is 18.2 Å². The van der Waals surface area contributed by atoms with E-state index >= 15 is 0 Å². The van der Waals surface area contributed by atoms with E-state index in [0.717, 1.165) is 4.90 Å². The molecule has 5 atom stereocenters. The minimum Gasteiger partial charge on any atom is -0.368 e. The lowest BCUT2D eigenvalue weighted by atomic mass is 9.99. The van der Waals surface area contributed by atoms with Crippen LogP contribution in [-0.4, -0.2) is 92.0 Å². The molecule has 0 radical (unpaired) electrons. The quantitative estimate of drug-likeness (QED) is 0.215. The zero-order valence-corrected chi connectivity index (χ0v) is 23.4. The van der Waals surface area contributed by atoms with Gasteiger partial charge in [-0.05, 0) is 31.1 Å². The van der Waals surface area contributed by atoms with Crippen molar-refractivity contribution in [2.24, 2.45) is 23.3 Å². The van der Waals surface area contributed by atoms with Crippen molar-refractivity contribution in [3.8, 4) is 0 Å². The molecule has 0 unspecified atom stereocenters. The number of likely N-dealkylation sites (tertiary alicyclic amines) is 2. The zero-order valence-electron chi connectivity index (χ0n) is 23.4. The number of H-pyrrole nitrogens is 1. The number of hydrogen-bond acceptors (Lipinski definition) is 8. The summed E-state index contributed by atoms with van der Waals surface area (Å²) >= 11 is 0. The highest BCUT2D eigenvalue weighted by atomic mass is 16.2. The fourth-order valence-electron chi connectivity index (χ4n) is 5.03. The van der Waals surface area contributed by atoms with Crippen LogP contribution in [0, 0.1) is 11.8 Å². The van der Waals surface area contributed by atoms with E-state index in [1.165, 1.54) is 17.4 Å². The van der Waals surface area contributed by atoms with E-state index in [1.54, 1.807) is 27.7 Å². The maximum Gasteiger partial charge on any atom is 0.252 e. The predicted molar refractivity (Wildman–Crippen MR) is 143 cm³/mol. The molecule has 2 fully saturated rings. The number of carbonyl (C=O) groups excluding carboxylic acids is 6. The summed E-state index contributed by atoms with van der Waals surface area (Å²) in [7, 11) is 0. The second-order valence-corrected chi connectivity index (χ2v) is 11.1. The largest absolute Gasteiger partial charge is 0.368 e. The smallest absolute Gasteiger partial charge is 0.252 e. The number of carbonyl (C=O) groups is 6. The predicted octanol–water partition coefficient (Wildman–Crippen LogP) is -1.44. The highest BCUT2D eigenvalue weighted by molar-refractivity contribution is 6.06. The van der Waals surface area contributed by atoms with Gasteiger partial charge in [0.15, 0.2) is 0 Å². The molecule has 40 heavy (non-hydrogen) atoms. The molecule has 0 spiro atoms. The minimum absolute atomic E-state index is 0.0406. The molecule has 7 N–H and O–H groups in total. The molecule has 1 aromatic rings. The molecular weight excluding hydrogens is 520 g/mol. The lowest BCUT2D eigenvalue weighted by Crippen LogP contribution is -2.60. The van der Waals surface area contributed by atoms with Crippen molar-refractivity contribution in [3.63, 3.8) is 0 Å². The summed E-state index contributed by atoms with van der Waals surface area (Å²) in [5.74, 6) is -4.20. The Kier molecular flexibility index (Phi) is 10.0. The fourth-order valence-corrected chi connectivity index (χ4v) is 5.03. The van der Waals surface area contributed by atoms with Crippen LogP contribution in [0.25, 0.3) is 0 Å². The number of aromatic amines is 1. The third-order valence-corrected chi connectivity index (χ3v) is 7.46. The Bertz CT molecular complexity index is 1120. The van der Waals surface area contributed by atoms with Gasteiger partial charge in [0, 0.05) is 31.3 Å². The van der Waals surface area contributed by atoms with E-state index < -0.39 is 71.6 Å². The third-order valence-electron chi connectivity index (χ3n) is 7.46. The molecule has 2 aliphatic rings. The van der Waals surface area contributed by atoms with Crippen LogP contribution in [0.5, 0.6) is 0 Å². The number of nitrogens with zero attached hydrogens (tertiary/aromatic N) is 3. The van der Waals surface area contributed by atoms with Crippen LogP contribution in [-0.2, 0) is 35.2 Å². The van der Waals surface area contributed by atoms with Crippen molar-refractivity contribution in [1.29, 1.82) is 0 Å². The summed E-state index contributed by atoms with van der Waals surface area (Å²) in [5, 5.41) is 5.34. The van der Waals surface area contributed by atoms with Gasteiger partial charge in [0.1, 0.15) is 24.2 Å². The van der Waals surface area contributed by atoms with E-state index in [1.807, 2.05) is 0 Å². The summed E-state index contributed by atoms with van der Waals surface area (Å²) in [6, 6.07) is -5.01. The summed E-state index contributed by atoms with van der Waals surface area (Å²) in [5.41, 5.74) is 12.0. The Morgan fingerprint density at radius 2 is 1.75 bits per heavy atom. The number of aromatic nitrogens is 2. The first-order valence-electron chi connectivity index (χ1n) is 13.6. The van der Waals surface area contributed by atoms with Gasteiger partial charge >= 0.3 is 0 Å². The van der Waals surface area contributed by atoms with Crippen molar-refractivity contribution in [1.82, 2.24) is 30.4 Å². The number of primary amides is 1. The van der Waals surface area contributed by atoms with Gasteiger partial charge in [-0.15, -0.1) is 0 Å². The maximum absolute atomic E-state index is 13.6. The Balaban J connectivity index is 1.82. The average Bonchev–Trinajstić information content (AvgIpc) is 3.66. The lowest BCUT2D eigenvalue weighted by Gasteiger charge is -2.32. The summed E-state index contributed by atoms with van der Waals surface area (Å²) in [4.78, 5) is 87.1. The van der Waals surface area contributed by atoms with Crippen molar-refractivity contribution >= 4 is 35.4 Å². The van der Waals surface area contributed by atoms with Crippen molar-refractivity contribution in [2.45, 2.75) is 90.0 Å². The molecule has 0 bridgehead atoms. The highest BCUT2D eigenvalue weighted by Gasteiger charge is 2.45. The van der Waals surface area contributed by atoms with Crippen LogP contribution in [0.15, 0.2) is 12.5 Å². The summed E-state index contributed by atoms with van der Waals surface area (Å²) in [6.45, 7) is 7.28. The topological polar surface area (TPSA) is 214 Å². The first-order valence-corrected chi connectivity index (χ1v) is 13.6. The van der Waals surface area contributed by atoms with Crippen LogP contribution >= 0.6 is 0 Å². The van der Waals surface area contributed by atoms with E-state index in [0.29, 0.717) is 25.1 Å². The number of hydrogen-bond donors (Lipinski definition) is 5. The molecule has 220 valence electrons. The van der Waals surface area contributed by atoms with Gasteiger partial charge < -0.3 is 32.0 Å². The SMILES string of the molecule is CC(C)[C@H](N)C(=O)N[C@H](C(=O)N1C(=O)CC[C@H]1C(=O)N[C@@H](Cc1cnc[nH]1)C(=O)N1CCC[C@H]1C(N)=O)C(C)C. The van der Waals surface area contributed by atoms with Crippen LogP contribution in [0.1, 0.15) is 59.1 Å². The zero-order chi connectivity index (χ0) is 29.7. The second kappa shape index (κ2) is 13.0. The molecule has 3 heterocycles. The standard InChI is InChI=1S/C26H40N8O6/c1-13(2)20(27)24(38)32-21(14(3)4)26(40)34-18(7-8-19(34)35)23(37)31-16(10-15-11-29-12-30-15)25(39)33-9-5-6-17(33)22(28)36/h11-14,16-18,20-21H,5-10,27H2,1-4H3,(H2,28,36)(H,29,30)(H,31,37)(H,32,38)/t16-,17-,18-,20-,21-/m0/s1. The number of imidazole rings is 1. The molecule has 6 amide bonds. The van der Waals surface area contributed by atoms with Gasteiger partial charge in [-0.25, -0.2) is 4.98 Å². The van der Waals surface area contributed by atoms with Gasteiger partial charge in [-0.3, -0.25) is 33.7 Å². The molecule has 14 nitrogen and oxygen atoms in total. The molecule has 0 aromatic carbocycles. The summed E-state index contributed by atoms with van der Waals surface area (Å²) < 4.78 is 0. The van der Waals surface area contributed by atoms with Crippen LogP contribution in [0.3, 0.4) is 0 Å². The molecule has 0 aliphatic carbocycles. The number of rotatable bonds is 11. The first kappa shape index (κ1) is 30.7.